The summed E-state index contributed by atoms with van der Waals surface area (Å²) in [6.07, 6.45) is 5.23. The maximum absolute atomic E-state index is 12.9. The predicted octanol–water partition coefficient (Wildman–Crippen LogP) is 4.67. The van der Waals surface area contributed by atoms with Gasteiger partial charge >= 0.3 is 0 Å². The Morgan fingerprint density at radius 1 is 0.909 bits per heavy atom. The number of aliphatic hydroxyl groups excluding tert-OH is 1. The van der Waals surface area contributed by atoms with Crippen molar-refractivity contribution in [1.82, 2.24) is 0 Å². The maximum atomic E-state index is 12.9. The van der Waals surface area contributed by atoms with Crippen LogP contribution in [0.4, 0.5) is 0 Å². The van der Waals surface area contributed by atoms with Crippen molar-refractivity contribution in [2.75, 3.05) is 0 Å². The molecule has 0 aromatic heterocycles. The Morgan fingerprint density at radius 3 is 2.05 bits per heavy atom. The van der Waals surface area contributed by atoms with Crippen LogP contribution in [0.15, 0.2) is 66.7 Å². The van der Waals surface area contributed by atoms with Gasteiger partial charge < -0.3 is 5.11 Å². The molecular formula is C20H20O2. The minimum atomic E-state index is -0.468. The summed E-state index contributed by atoms with van der Waals surface area (Å²) in [4.78, 5) is 12.9. The lowest BCUT2D eigenvalue weighted by molar-refractivity contribution is -0.119. The molecule has 2 aromatic carbocycles. The van der Waals surface area contributed by atoms with E-state index in [1.165, 1.54) is 6.08 Å². The van der Waals surface area contributed by atoms with Crippen LogP contribution in [0.5, 0.6) is 0 Å². The summed E-state index contributed by atoms with van der Waals surface area (Å²) in [5, 5.41) is 10.3. The van der Waals surface area contributed by atoms with Crippen LogP contribution >= 0.6 is 0 Å². The number of allylic oxidation sites excluding steroid dienone is 1. The van der Waals surface area contributed by atoms with Gasteiger partial charge in [-0.3, -0.25) is 4.79 Å². The monoisotopic (exact) mass is 292 g/mol. The zero-order valence-corrected chi connectivity index (χ0v) is 12.5. The summed E-state index contributed by atoms with van der Waals surface area (Å²) in [6, 6.07) is 19.2. The topological polar surface area (TPSA) is 37.3 Å². The van der Waals surface area contributed by atoms with Crippen molar-refractivity contribution in [3.8, 4) is 0 Å². The van der Waals surface area contributed by atoms with E-state index in [4.69, 9.17) is 0 Å². The number of ketones is 1. The van der Waals surface area contributed by atoms with Gasteiger partial charge in [0.1, 0.15) is 5.76 Å². The lowest BCUT2D eigenvalue weighted by Gasteiger charge is -2.26. The Labute approximate surface area is 131 Å². The fourth-order valence-corrected chi connectivity index (χ4v) is 3.37. The fraction of sp³-hybridized carbons (Fsp3) is 0.250. The molecule has 0 bridgehead atoms. The second-order valence-electron chi connectivity index (χ2n) is 5.92. The first-order chi connectivity index (χ1) is 10.7. The van der Waals surface area contributed by atoms with Gasteiger partial charge in [0.15, 0.2) is 5.78 Å². The van der Waals surface area contributed by atoms with Crippen LogP contribution in [0.3, 0.4) is 0 Å². The fourth-order valence-electron chi connectivity index (χ4n) is 3.37. The molecule has 0 aliphatic heterocycles. The summed E-state index contributed by atoms with van der Waals surface area (Å²) in [5.41, 5.74) is 1.27. The summed E-state index contributed by atoms with van der Waals surface area (Å²) in [7, 11) is 0. The van der Waals surface area contributed by atoms with E-state index in [9.17, 15) is 9.90 Å². The van der Waals surface area contributed by atoms with Gasteiger partial charge in [0.25, 0.3) is 0 Å². The van der Waals surface area contributed by atoms with Crippen molar-refractivity contribution in [3.63, 3.8) is 0 Å². The van der Waals surface area contributed by atoms with E-state index in [-0.39, 0.29) is 11.5 Å². The van der Waals surface area contributed by atoms with Gasteiger partial charge in [-0.25, -0.2) is 0 Å². The standard InChI is InChI=1S/C20H20O2/c21-18(16-9-3-1-4-10-16)15-19(22)20(13-7-8-14-20)17-11-5-2-6-12-17/h1-6,9-12,15,21H,7-8,13-14H2/b18-15-. The highest BCUT2D eigenvalue weighted by Crippen LogP contribution is 2.42. The Kier molecular flexibility index (Phi) is 4.10. The van der Waals surface area contributed by atoms with Crippen molar-refractivity contribution >= 4 is 11.5 Å². The van der Waals surface area contributed by atoms with Gasteiger partial charge in [-0.15, -0.1) is 0 Å². The molecule has 22 heavy (non-hydrogen) atoms. The van der Waals surface area contributed by atoms with Crippen LogP contribution in [0.25, 0.3) is 5.76 Å². The maximum Gasteiger partial charge on any atom is 0.169 e. The Morgan fingerprint density at radius 2 is 1.45 bits per heavy atom. The van der Waals surface area contributed by atoms with Crippen molar-refractivity contribution in [2.24, 2.45) is 0 Å². The Balaban J connectivity index is 1.95. The number of carbonyl (C=O) groups excluding carboxylic acids is 1. The summed E-state index contributed by atoms with van der Waals surface area (Å²) >= 11 is 0. The summed E-state index contributed by atoms with van der Waals surface area (Å²) in [5.74, 6) is 0.0605. The van der Waals surface area contributed by atoms with Crippen molar-refractivity contribution in [1.29, 1.82) is 0 Å². The molecule has 1 aliphatic rings. The molecule has 3 rings (SSSR count). The van der Waals surface area contributed by atoms with Gasteiger partial charge in [0.05, 0.1) is 5.41 Å². The summed E-state index contributed by atoms with van der Waals surface area (Å²) < 4.78 is 0. The third-order valence-corrected chi connectivity index (χ3v) is 4.59. The van der Waals surface area contributed by atoms with E-state index in [0.717, 1.165) is 31.2 Å². The second-order valence-corrected chi connectivity index (χ2v) is 5.92. The zero-order chi connectivity index (χ0) is 15.4. The van der Waals surface area contributed by atoms with Crippen LogP contribution in [0, 0.1) is 0 Å². The molecule has 0 radical (unpaired) electrons. The highest BCUT2D eigenvalue weighted by atomic mass is 16.3. The van der Waals surface area contributed by atoms with Gasteiger partial charge in [-0.2, -0.15) is 0 Å². The van der Waals surface area contributed by atoms with Crippen molar-refractivity contribution < 1.29 is 9.90 Å². The minimum Gasteiger partial charge on any atom is -0.507 e. The highest BCUT2D eigenvalue weighted by molar-refractivity contribution is 6.03. The van der Waals surface area contributed by atoms with Crippen molar-refractivity contribution in [2.45, 2.75) is 31.1 Å². The number of carbonyl (C=O) groups is 1. The number of rotatable bonds is 4. The molecule has 0 saturated heterocycles. The van der Waals surface area contributed by atoms with E-state index < -0.39 is 5.41 Å². The average Bonchev–Trinajstić information content (AvgIpc) is 3.07. The molecule has 1 aliphatic carbocycles. The van der Waals surface area contributed by atoms with Crippen LogP contribution in [0.1, 0.15) is 36.8 Å². The molecule has 112 valence electrons. The van der Waals surface area contributed by atoms with E-state index in [0.29, 0.717) is 5.56 Å². The molecule has 1 saturated carbocycles. The van der Waals surface area contributed by atoms with Gasteiger partial charge in [-0.1, -0.05) is 73.5 Å². The molecular weight excluding hydrogens is 272 g/mol. The molecule has 2 aromatic rings. The lowest BCUT2D eigenvalue weighted by Crippen LogP contribution is -2.31. The first-order valence-corrected chi connectivity index (χ1v) is 7.78. The van der Waals surface area contributed by atoms with E-state index in [1.54, 1.807) is 0 Å². The summed E-state index contributed by atoms with van der Waals surface area (Å²) in [6.45, 7) is 0. The Hall–Kier alpha value is -2.35. The zero-order valence-electron chi connectivity index (χ0n) is 12.5. The molecule has 1 N–H and O–H groups in total. The smallest absolute Gasteiger partial charge is 0.169 e. The molecule has 0 atom stereocenters. The van der Waals surface area contributed by atoms with Crippen LogP contribution in [-0.2, 0) is 10.2 Å². The van der Waals surface area contributed by atoms with E-state index in [1.807, 2.05) is 60.7 Å². The normalized spacial score (nSPS) is 17.4. The molecule has 0 spiro atoms. The molecule has 2 heteroatoms. The number of hydrogen-bond acceptors (Lipinski definition) is 2. The van der Waals surface area contributed by atoms with Crippen LogP contribution < -0.4 is 0 Å². The van der Waals surface area contributed by atoms with E-state index >= 15 is 0 Å². The largest absolute Gasteiger partial charge is 0.507 e. The molecule has 2 nitrogen and oxygen atoms in total. The number of aliphatic hydroxyl groups is 1. The first-order valence-electron chi connectivity index (χ1n) is 7.78. The molecule has 0 amide bonds. The van der Waals surface area contributed by atoms with E-state index in [2.05, 4.69) is 0 Å². The minimum absolute atomic E-state index is 0.0116. The lowest BCUT2D eigenvalue weighted by atomic mass is 9.75. The highest BCUT2D eigenvalue weighted by Gasteiger charge is 2.41. The average molecular weight is 292 g/mol. The van der Waals surface area contributed by atoms with Gasteiger partial charge in [0, 0.05) is 11.6 Å². The second kappa shape index (κ2) is 6.18. The third-order valence-electron chi connectivity index (χ3n) is 4.59. The molecule has 0 unspecified atom stereocenters. The predicted molar refractivity (Wildman–Crippen MR) is 88.6 cm³/mol. The number of hydrogen-bond donors (Lipinski definition) is 1. The SMILES string of the molecule is O=C(/C=C(\O)c1ccccc1)C1(c2ccccc2)CCCC1. The molecule has 0 heterocycles. The quantitative estimate of drug-likeness (QED) is 0.657. The van der Waals surface area contributed by atoms with Crippen LogP contribution in [-0.4, -0.2) is 10.9 Å². The van der Waals surface area contributed by atoms with Crippen molar-refractivity contribution in [3.05, 3.63) is 77.9 Å². The Bertz CT molecular complexity index is 665. The molecule has 1 fully saturated rings. The van der Waals surface area contributed by atoms with Crippen LogP contribution in [0.2, 0.25) is 0 Å². The van der Waals surface area contributed by atoms with Gasteiger partial charge in [0.2, 0.25) is 0 Å². The third kappa shape index (κ3) is 2.69. The number of benzene rings is 2. The first kappa shape index (κ1) is 14.6. The van der Waals surface area contributed by atoms with Gasteiger partial charge in [-0.05, 0) is 18.4 Å².